The Morgan fingerprint density at radius 2 is 2.08 bits per heavy atom. The lowest BCUT2D eigenvalue weighted by atomic mass is 10.2. The maximum atomic E-state index is 5.57. The first-order valence-corrected chi connectivity index (χ1v) is 9.45. The Balaban J connectivity index is 1.41. The van der Waals surface area contributed by atoms with E-state index in [9.17, 15) is 0 Å². The van der Waals surface area contributed by atoms with Crippen LogP contribution in [0.5, 0.6) is 0 Å². The molecule has 8 heteroatoms. The highest BCUT2D eigenvalue weighted by Crippen LogP contribution is 2.15. The number of fused-ring (bicyclic) bond motifs is 1. The van der Waals surface area contributed by atoms with Crippen molar-refractivity contribution in [3.8, 4) is 0 Å². The third-order valence-corrected chi connectivity index (χ3v) is 4.76. The van der Waals surface area contributed by atoms with Gasteiger partial charge in [-0.1, -0.05) is 6.42 Å². The van der Waals surface area contributed by atoms with E-state index in [1.165, 1.54) is 19.3 Å². The first-order chi connectivity index (χ1) is 12.7. The Kier molecular flexibility index (Phi) is 6.25. The van der Waals surface area contributed by atoms with Gasteiger partial charge >= 0.3 is 0 Å². The molecule has 8 nitrogen and oxygen atoms in total. The molecule has 0 fully saturated rings. The molecule has 3 heterocycles. The number of rotatable bonds is 6. The summed E-state index contributed by atoms with van der Waals surface area (Å²) in [4.78, 5) is 8.61. The molecule has 3 rings (SSSR count). The van der Waals surface area contributed by atoms with Crippen molar-refractivity contribution in [1.82, 2.24) is 30.4 Å². The fraction of sp³-hybridized carbons (Fsp3) is 0.667. The summed E-state index contributed by atoms with van der Waals surface area (Å²) < 4.78 is 7.89. The molecule has 2 N–H and O–H groups in total. The summed E-state index contributed by atoms with van der Waals surface area (Å²) in [6.07, 6.45) is 6.71. The maximum absolute atomic E-state index is 5.57. The summed E-state index contributed by atoms with van der Waals surface area (Å²) in [7, 11) is 1.76. The molecule has 0 aromatic carbocycles. The van der Waals surface area contributed by atoms with E-state index in [1.54, 1.807) is 7.05 Å². The van der Waals surface area contributed by atoms with Crippen molar-refractivity contribution in [2.75, 3.05) is 13.6 Å². The highest BCUT2D eigenvalue weighted by atomic mass is 16.4. The van der Waals surface area contributed by atoms with E-state index in [0.717, 1.165) is 61.4 Å². The lowest BCUT2D eigenvalue weighted by Crippen LogP contribution is -2.37. The fourth-order valence-corrected chi connectivity index (χ4v) is 3.18. The summed E-state index contributed by atoms with van der Waals surface area (Å²) >= 11 is 0. The average Bonchev–Trinajstić information content (AvgIpc) is 3.07. The van der Waals surface area contributed by atoms with Crippen LogP contribution in [0.4, 0.5) is 0 Å². The van der Waals surface area contributed by atoms with E-state index in [2.05, 4.69) is 35.4 Å². The third kappa shape index (κ3) is 4.62. The minimum absolute atomic E-state index is 0.520. The molecule has 0 amide bonds. The first-order valence-electron chi connectivity index (χ1n) is 9.45. The smallest absolute Gasteiger partial charge is 0.214 e. The van der Waals surface area contributed by atoms with Crippen LogP contribution in [-0.2, 0) is 25.9 Å². The Morgan fingerprint density at radius 1 is 1.19 bits per heavy atom. The van der Waals surface area contributed by atoms with E-state index in [1.807, 2.05) is 13.8 Å². The van der Waals surface area contributed by atoms with Gasteiger partial charge in [0, 0.05) is 33.0 Å². The van der Waals surface area contributed by atoms with Crippen molar-refractivity contribution in [3.05, 3.63) is 29.0 Å². The second kappa shape index (κ2) is 8.82. The first kappa shape index (κ1) is 18.4. The van der Waals surface area contributed by atoms with Crippen molar-refractivity contribution < 1.29 is 4.42 Å². The molecular weight excluding hydrogens is 330 g/mol. The lowest BCUT2D eigenvalue weighted by molar-refractivity contribution is 0.463. The normalized spacial score (nSPS) is 14.8. The molecule has 0 saturated carbocycles. The Bertz CT molecular complexity index is 727. The predicted octanol–water partition coefficient (Wildman–Crippen LogP) is 1.91. The lowest BCUT2D eigenvalue weighted by Gasteiger charge is -2.11. The van der Waals surface area contributed by atoms with Crippen LogP contribution in [0.3, 0.4) is 0 Å². The number of nitrogens with zero attached hydrogens (tertiary/aromatic N) is 5. The molecule has 0 radical (unpaired) electrons. The number of nitrogens with one attached hydrogen (secondary N) is 2. The number of hydrogen-bond acceptors (Lipinski definition) is 5. The molecule has 0 unspecified atom stereocenters. The molecule has 2 aromatic heterocycles. The number of oxazole rings is 1. The summed E-state index contributed by atoms with van der Waals surface area (Å²) in [6.45, 7) is 6.27. The van der Waals surface area contributed by atoms with Crippen LogP contribution in [0.1, 0.15) is 54.7 Å². The van der Waals surface area contributed by atoms with E-state index >= 15 is 0 Å². The molecule has 0 aliphatic carbocycles. The van der Waals surface area contributed by atoms with Gasteiger partial charge in [0.25, 0.3) is 0 Å². The molecule has 1 aliphatic rings. The van der Waals surface area contributed by atoms with Crippen LogP contribution in [0.25, 0.3) is 0 Å². The largest absolute Gasteiger partial charge is 0.444 e. The molecule has 1 aliphatic heterocycles. The maximum Gasteiger partial charge on any atom is 0.214 e. The van der Waals surface area contributed by atoms with E-state index < -0.39 is 0 Å². The van der Waals surface area contributed by atoms with Gasteiger partial charge < -0.3 is 19.6 Å². The molecule has 2 aromatic rings. The van der Waals surface area contributed by atoms with Crippen LogP contribution in [0, 0.1) is 13.8 Å². The van der Waals surface area contributed by atoms with Gasteiger partial charge in [-0.2, -0.15) is 0 Å². The van der Waals surface area contributed by atoms with Crippen molar-refractivity contribution in [2.24, 2.45) is 4.99 Å². The third-order valence-electron chi connectivity index (χ3n) is 4.76. The topological polar surface area (TPSA) is 93.2 Å². The second-order valence-corrected chi connectivity index (χ2v) is 6.70. The molecule has 0 atom stereocenters. The van der Waals surface area contributed by atoms with Gasteiger partial charge in [-0.15, -0.1) is 10.2 Å². The van der Waals surface area contributed by atoms with Crippen LogP contribution < -0.4 is 10.6 Å². The van der Waals surface area contributed by atoms with Gasteiger partial charge in [0.05, 0.1) is 12.2 Å². The van der Waals surface area contributed by atoms with Crippen molar-refractivity contribution in [3.63, 3.8) is 0 Å². The standard InChI is InChI=1S/C18H29N7O/c1-13-14(2)26-17(22-13)12-21-18(19-3)20-10-7-9-16-24-23-15-8-5-4-6-11-25(15)16/h4-12H2,1-3H3,(H2,19,20,21). The second-order valence-electron chi connectivity index (χ2n) is 6.70. The zero-order valence-electron chi connectivity index (χ0n) is 16.0. The van der Waals surface area contributed by atoms with Gasteiger partial charge in [-0.25, -0.2) is 4.98 Å². The highest BCUT2D eigenvalue weighted by molar-refractivity contribution is 5.79. The summed E-state index contributed by atoms with van der Waals surface area (Å²) in [6, 6.07) is 0. The zero-order chi connectivity index (χ0) is 18.4. The fourth-order valence-electron chi connectivity index (χ4n) is 3.18. The molecule has 142 valence electrons. The summed E-state index contributed by atoms with van der Waals surface area (Å²) in [5.41, 5.74) is 0.928. The predicted molar refractivity (Wildman–Crippen MR) is 100 cm³/mol. The number of hydrogen-bond donors (Lipinski definition) is 2. The van der Waals surface area contributed by atoms with Crippen molar-refractivity contribution >= 4 is 5.96 Å². The monoisotopic (exact) mass is 359 g/mol. The van der Waals surface area contributed by atoms with Gasteiger partial charge in [0.2, 0.25) is 5.89 Å². The molecular formula is C18H29N7O. The number of aryl methyl sites for hydroxylation is 4. The van der Waals surface area contributed by atoms with E-state index in [4.69, 9.17) is 4.42 Å². The molecule has 0 spiro atoms. The van der Waals surface area contributed by atoms with Gasteiger partial charge in [-0.05, 0) is 33.1 Å². The van der Waals surface area contributed by atoms with Crippen molar-refractivity contribution in [2.45, 2.75) is 65.5 Å². The minimum Gasteiger partial charge on any atom is -0.444 e. The van der Waals surface area contributed by atoms with Crippen LogP contribution in [0.15, 0.2) is 9.41 Å². The molecule has 26 heavy (non-hydrogen) atoms. The Hall–Kier alpha value is -2.38. The average molecular weight is 359 g/mol. The quantitative estimate of drug-likeness (QED) is 0.465. The summed E-state index contributed by atoms with van der Waals surface area (Å²) in [5.74, 6) is 4.54. The van der Waals surface area contributed by atoms with Crippen LogP contribution in [-0.4, -0.2) is 39.3 Å². The van der Waals surface area contributed by atoms with Crippen LogP contribution >= 0.6 is 0 Å². The number of guanidine groups is 1. The molecule has 0 saturated heterocycles. The summed E-state index contributed by atoms with van der Waals surface area (Å²) in [5, 5.41) is 15.3. The van der Waals surface area contributed by atoms with Crippen LogP contribution in [0.2, 0.25) is 0 Å². The zero-order valence-corrected chi connectivity index (χ0v) is 16.0. The minimum atomic E-state index is 0.520. The highest BCUT2D eigenvalue weighted by Gasteiger charge is 2.14. The van der Waals surface area contributed by atoms with E-state index in [-0.39, 0.29) is 0 Å². The Labute approximate surface area is 154 Å². The number of aromatic nitrogens is 4. The van der Waals surface area contributed by atoms with E-state index in [0.29, 0.717) is 12.4 Å². The number of aliphatic imine (C=N–C) groups is 1. The van der Waals surface area contributed by atoms with Gasteiger partial charge in [-0.3, -0.25) is 4.99 Å². The SMILES string of the molecule is CN=C(NCCCc1nnc2n1CCCCC2)NCc1nc(C)c(C)o1. The van der Waals surface area contributed by atoms with Gasteiger partial charge in [0.15, 0.2) is 5.96 Å². The van der Waals surface area contributed by atoms with Crippen molar-refractivity contribution in [1.29, 1.82) is 0 Å². The Morgan fingerprint density at radius 3 is 2.85 bits per heavy atom. The molecule has 0 bridgehead atoms. The van der Waals surface area contributed by atoms with Gasteiger partial charge in [0.1, 0.15) is 17.4 Å².